The maximum absolute atomic E-state index is 9.00. The summed E-state index contributed by atoms with van der Waals surface area (Å²) in [4.78, 5) is 0. The minimum absolute atomic E-state index is 0.159. The molecule has 0 aromatic heterocycles. The molecule has 2 N–H and O–H groups in total. The summed E-state index contributed by atoms with van der Waals surface area (Å²) in [6.45, 7) is 0.318. The van der Waals surface area contributed by atoms with Gasteiger partial charge in [0, 0.05) is 25.0 Å². The maximum atomic E-state index is 9.00. The second kappa shape index (κ2) is 2.73. The van der Waals surface area contributed by atoms with Gasteiger partial charge in [-0.15, -0.1) is 0 Å². The number of aliphatic hydroxyl groups is 2. The van der Waals surface area contributed by atoms with E-state index in [1.54, 1.807) is 0 Å². The fourth-order valence-corrected chi connectivity index (χ4v) is 2.38. The monoisotopic (exact) mass is 158 g/mol. The molecule has 0 radical (unpaired) electrons. The molecule has 3 heteroatoms. The van der Waals surface area contributed by atoms with Crippen LogP contribution in [-0.4, -0.2) is 35.6 Å². The molecule has 3 nitrogen and oxygen atoms in total. The van der Waals surface area contributed by atoms with Gasteiger partial charge in [0.25, 0.3) is 0 Å². The van der Waals surface area contributed by atoms with Gasteiger partial charge in [0.2, 0.25) is 0 Å². The van der Waals surface area contributed by atoms with Gasteiger partial charge in [0.05, 0.1) is 12.2 Å². The maximum Gasteiger partial charge on any atom is 0.0634 e. The van der Waals surface area contributed by atoms with Crippen molar-refractivity contribution in [3.63, 3.8) is 0 Å². The number of ether oxygens (including phenoxy) is 1. The number of hydrogen-bond acceptors (Lipinski definition) is 3. The third kappa shape index (κ3) is 0.991. The third-order valence-electron chi connectivity index (χ3n) is 3.01. The molecule has 64 valence electrons. The summed E-state index contributed by atoms with van der Waals surface area (Å²) in [5, 5.41) is 18.0. The van der Waals surface area contributed by atoms with Gasteiger partial charge in [-0.2, -0.15) is 0 Å². The largest absolute Gasteiger partial charge is 0.396 e. The lowest BCUT2D eigenvalue weighted by Gasteiger charge is -2.24. The summed E-state index contributed by atoms with van der Waals surface area (Å²) in [5.74, 6) is 0.387. The highest BCUT2D eigenvalue weighted by atomic mass is 16.5. The van der Waals surface area contributed by atoms with Crippen LogP contribution in [0, 0.1) is 11.8 Å². The van der Waals surface area contributed by atoms with Crippen LogP contribution in [0.3, 0.4) is 0 Å². The van der Waals surface area contributed by atoms with Crippen LogP contribution in [0.5, 0.6) is 0 Å². The van der Waals surface area contributed by atoms with Crippen molar-refractivity contribution < 1.29 is 14.9 Å². The van der Waals surface area contributed by atoms with Crippen LogP contribution in [0.1, 0.15) is 12.8 Å². The molecule has 11 heavy (non-hydrogen) atoms. The van der Waals surface area contributed by atoms with E-state index in [0.717, 1.165) is 12.8 Å². The molecular weight excluding hydrogens is 144 g/mol. The van der Waals surface area contributed by atoms with Crippen LogP contribution in [0.25, 0.3) is 0 Å². The molecule has 0 spiro atoms. The number of hydrogen-bond donors (Lipinski definition) is 2. The molecule has 2 aliphatic rings. The topological polar surface area (TPSA) is 49.7 Å². The quantitative estimate of drug-likeness (QED) is 0.583. The normalized spacial score (nSPS) is 48.5. The Labute approximate surface area is 66.0 Å². The van der Waals surface area contributed by atoms with Crippen LogP contribution < -0.4 is 0 Å². The van der Waals surface area contributed by atoms with E-state index in [-0.39, 0.29) is 37.3 Å². The van der Waals surface area contributed by atoms with Crippen LogP contribution in [-0.2, 0) is 4.74 Å². The zero-order chi connectivity index (χ0) is 7.84. The molecule has 4 atom stereocenters. The number of rotatable bonds is 2. The lowest BCUT2D eigenvalue weighted by atomic mass is 9.80. The molecule has 0 aliphatic carbocycles. The Morgan fingerprint density at radius 3 is 1.82 bits per heavy atom. The van der Waals surface area contributed by atoms with Crippen molar-refractivity contribution in [3.05, 3.63) is 0 Å². The zero-order valence-corrected chi connectivity index (χ0v) is 6.44. The first kappa shape index (κ1) is 7.53. The minimum Gasteiger partial charge on any atom is -0.396 e. The van der Waals surface area contributed by atoms with E-state index in [4.69, 9.17) is 14.9 Å². The minimum atomic E-state index is 0.159. The molecule has 0 aromatic rings. The highest BCUT2D eigenvalue weighted by Gasteiger charge is 2.47. The zero-order valence-electron chi connectivity index (χ0n) is 6.44. The molecule has 2 fully saturated rings. The Hall–Kier alpha value is -0.120. The molecule has 2 saturated heterocycles. The molecule has 2 bridgehead atoms. The van der Waals surface area contributed by atoms with Crippen molar-refractivity contribution in [1.29, 1.82) is 0 Å². The number of aliphatic hydroxyl groups excluding tert-OH is 2. The highest BCUT2D eigenvalue weighted by Crippen LogP contribution is 2.42. The molecular formula is C8H14O3. The summed E-state index contributed by atoms with van der Waals surface area (Å²) in [6.07, 6.45) is 2.57. The van der Waals surface area contributed by atoms with Gasteiger partial charge in [-0.25, -0.2) is 0 Å². The predicted molar refractivity (Wildman–Crippen MR) is 39.0 cm³/mol. The first-order valence-corrected chi connectivity index (χ1v) is 4.24. The highest BCUT2D eigenvalue weighted by molar-refractivity contribution is 4.95. The molecule has 0 aromatic carbocycles. The Kier molecular flexibility index (Phi) is 1.87. The summed E-state index contributed by atoms with van der Waals surface area (Å²) in [6, 6.07) is 0. The molecule has 2 aliphatic heterocycles. The van der Waals surface area contributed by atoms with E-state index in [1.807, 2.05) is 0 Å². The first-order valence-electron chi connectivity index (χ1n) is 4.24. The van der Waals surface area contributed by atoms with E-state index in [1.165, 1.54) is 0 Å². The van der Waals surface area contributed by atoms with Gasteiger partial charge in [0.1, 0.15) is 0 Å². The van der Waals surface area contributed by atoms with Gasteiger partial charge in [0.15, 0.2) is 0 Å². The Bertz CT molecular complexity index is 132. The predicted octanol–water partition coefficient (Wildman–Crippen LogP) is -0.235. The van der Waals surface area contributed by atoms with Crippen LogP contribution in [0.4, 0.5) is 0 Å². The lowest BCUT2D eigenvalue weighted by molar-refractivity contribution is 0.0764. The number of fused-ring (bicyclic) bond motifs is 2. The Morgan fingerprint density at radius 1 is 1.00 bits per heavy atom. The van der Waals surface area contributed by atoms with Crippen molar-refractivity contribution in [2.45, 2.75) is 25.0 Å². The molecule has 2 heterocycles. The van der Waals surface area contributed by atoms with Gasteiger partial charge >= 0.3 is 0 Å². The van der Waals surface area contributed by atoms with Crippen molar-refractivity contribution in [3.8, 4) is 0 Å². The Balaban J connectivity index is 2.08. The molecule has 2 rings (SSSR count). The van der Waals surface area contributed by atoms with Gasteiger partial charge in [-0.3, -0.25) is 0 Å². The molecule has 0 amide bonds. The lowest BCUT2D eigenvalue weighted by Crippen LogP contribution is -2.32. The standard InChI is InChI=1S/C8H14O3/c9-3-5-6(4-10)8-2-1-7(5)11-8/h5-10H,1-4H2/t5-,6+,7+,8-. The molecule has 0 unspecified atom stereocenters. The van der Waals surface area contributed by atoms with E-state index in [9.17, 15) is 0 Å². The molecule has 0 saturated carbocycles. The van der Waals surface area contributed by atoms with E-state index < -0.39 is 0 Å². The van der Waals surface area contributed by atoms with Crippen molar-refractivity contribution in [1.82, 2.24) is 0 Å². The van der Waals surface area contributed by atoms with Crippen LogP contribution >= 0.6 is 0 Å². The summed E-state index contributed by atoms with van der Waals surface area (Å²) in [7, 11) is 0. The van der Waals surface area contributed by atoms with E-state index in [0.29, 0.717) is 0 Å². The van der Waals surface area contributed by atoms with E-state index in [2.05, 4.69) is 0 Å². The summed E-state index contributed by atoms with van der Waals surface area (Å²) < 4.78 is 5.56. The third-order valence-corrected chi connectivity index (χ3v) is 3.01. The van der Waals surface area contributed by atoms with Crippen molar-refractivity contribution in [2.75, 3.05) is 13.2 Å². The summed E-state index contributed by atoms with van der Waals surface area (Å²) in [5.41, 5.74) is 0. The van der Waals surface area contributed by atoms with Gasteiger partial charge in [-0.05, 0) is 12.8 Å². The average Bonchev–Trinajstić information content (AvgIpc) is 2.60. The first-order chi connectivity index (χ1) is 5.36. The average molecular weight is 158 g/mol. The van der Waals surface area contributed by atoms with Crippen molar-refractivity contribution >= 4 is 0 Å². The van der Waals surface area contributed by atoms with Crippen LogP contribution in [0.15, 0.2) is 0 Å². The fraction of sp³-hybridized carbons (Fsp3) is 1.00. The second-order valence-corrected chi connectivity index (χ2v) is 3.48. The van der Waals surface area contributed by atoms with Gasteiger partial charge < -0.3 is 14.9 Å². The van der Waals surface area contributed by atoms with Crippen LogP contribution in [0.2, 0.25) is 0 Å². The van der Waals surface area contributed by atoms with Gasteiger partial charge in [-0.1, -0.05) is 0 Å². The van der Waals surface area contributed by atoms with Crippen molar-refractivity contribution in [2.24, 2.45) is 11.8 Å². The Morgan fingerprint density at radius 2 is 1.45 bits per heavy atom. The summed E-state index contributed by atoms with van der Waals surface area (Å²) >= 11 is 0. The fourth-order valence-electron chi connectivity index (χ4n) is 2.38. The van der Waals surface area contributed by atoms with E-state index >= 15 is 0 Å². The smallest absolute Gasteiger partial charge is 0.0634 e. The second-order valence-electron chi connectivity index (χ2n) is 3.48. The SMILES string of the molecule is OC[C@@H]1[C@H](CO)[C@H]2CC[C@@H]1O2.